The van der Waals surface area contributed by atoms with Gasteiger partial charge in [-0.3, -0.25) is 4.79 Å². The van der Waals surface area contributed by atoms with Crippen LogP contribution in [-0.4, -0.2) is 25.2 Å². The molecule has 0 radical (unpaired) electrons. The highest BCUT2D eigenvalue weighted by molar-refractivity contribution is 7.89. The lowest BCUT2D eigenvalue weighted by Gasteiger charge is -2.26. The molecule has 1 heterocycles. The number of nitrogens with zero attached hydrogens (tertiary/aromatic N) is 1. The molecule has 1 aliphatic rings. The summed E-state index contributed by atoms with van der Waals surface area (Å²) in [6, 6.07) is 6.51. The lowest BCUT2D eigenvalue weighted by atomic mass is 10.1. The molecule has 0 aromatic heterocycles. The molecule has 1 aliphatic heterocycles. The largest absolute Gasteiger partial charge is 0.268 e. The van der Waals surface area contributed by atoms with Crippen molar-refractivity contribution >= 4 is 15.9 Å². The average Bonchev–Trinajstić information content (AvgIpc) is 2.41. The van der Waals surface area contributed by atoms with Crippen LogP contribution in [-0.2, 0) is 14.8 Å². The smallest absolute Gasteiger partial charge is 0.266 e. The molecule has 0 bridgehead atoms. The van der Waals surface area contributed by atoms with Crippen molar-refractivity contribution < 1.29 is 13.2 Å². The Balaban J connectivity index is 2.35. The van der Waals surface area contributed by atoms with Crippen molar-refractivity contribution in [2.45, 2.75) is 24.7 Å². The predicted octanol–water partition coefficient (Wildman–Crippen LogP) is 2.42. The van der Waals surface area contributed by atoms with Crippen molar-refractivity contribution in [3.8, 4) is 0 Å². The number of amides is 1. The van der Waals surface area contributed by atoms with Gasteiger partial charge in [-0.25, -0.2) is 12.7 Å². The number of benzene rings is 1. The van der Waals surface area contributed by atoms with Gasteiger partial charge in [-0.05, 0) is 31.9 Å². The van der Waals surface area contributed by atoms with E-state index in [4.69, 9.17) is 0 Å². The molecule has 0 saturated carbocycles. The quantitative estimate of drug-likeness (QED) is 0.801. The Morgan fingerprint density at radius 1 is 1.30 bits per heavy atom. The molecule has 0 spiro atoms. The molecule has 0 unspecified atom stereocenters. The standard InChI is InChI=1S/C15H17NO3S/c1-3-5-13-6-4-11-16(15(13)17)20(18,19)14-9-7-12(2)8-10-14/h3,6-10H,1,4-5,11H2,2H3. The first-order chi connectivity index (χ1) is 9.46. The van der Waals surface area contributed by atoms with Crippen molar-refractivity contribution in [1.29, 1.82) is 0 Å². The fourth-order valence-corrected chi connectivity index (χ4v) is 3.51. The van der Waals surface area contributed by atoms with Crippen LogP contribution in [0.25, 0.3) is 0 Å². The van der Waals surface area contributed by atoms with E-state index >= 15 is 0 Å². The van der Waals surface area contributed by atoms with Gasteiger partial charge < -0.3 is 0 Å². The van der Waals surface area contributed by atoms with Crippen molar-refractivity contribution in [3.05, 3.63) is 54.1 Å². The van der Waals surface area contributed by atoms with E-state index in [0.717, 1.165) is 9.87 Å². The molecule has 2 rings (SSSR count). The summed E-state index contributed by atoms with van der Waals surface area (Å²) in [5, 5.41) is 0. The van der Waals surface area contributed by atoms with Crippen LogP contribution in [0.2, 0.25) is 0 Å². The third-order valence-electron chi connectivity index (χ3n) is 3.20. The summed E-state index contributed by atoms with van der Waals surface area (Å²) in [4.78, 5) is 12.4. The number of carbonyl (C=O) groups excluding carboxylic acids is 1. The van der Waals surface area contributed by atoms with Gasteiger partial charge in [0.25, 0.3) is 15.9 Å². The first kappa shape index (κ1) is 14.5. The van der Waals surface area contributed by atoms with Gasteiger partial charge in [0.1, 0.15) is 0 Å². The molecule has 1 aromatic rings. The molecule has 1 aromatic carbocycles. The topological polar surface area (TPSA) is 54.5 Å². The fourth-order valence-electron chi connectivity index (χ4n) is 2.10. The maximum absolute atomic E-state index is 12.5. The summed E-state index contributed by atoms with van der Waals surface area (Å²) in [5.74, 6) is -0.447. The number of aryl methyl sites for hydroxylation is 1. The van der Waals surface area contributed by atoms with Crippen molar-refractivity contribution in [3.63, 3.8) is 0 Å². The molecule has 20 heavy (non-hydrogen) atoms. The average molecular weight is 291 g/mol. The van der Waals surface area contributed by atoms with E-state index in [2.05, 4.69) is 6.58 Å². The number of hydrogen-bond donors (Lipinski definition) is 0. The summed E-state index contributed by atoms with van der Waals surface area (Å²) in [6.07, 6.45) is 4.32. The monoisotopic (exact) mass is 291 g/mol. The second kappa shape index (κ2) is 5.63. The molecule has 0 saturated heterocycles. The molecule has 4 nitrogen and oxygen atoms in total. The van der Waals surface area contributed by atoms with E-state index < -0.39 is 15.9 Å². The van der Waals surface area contributed by atoms with Crippen molar-refractivity contribution in [1.82, 2.24) is 4.31 Å². The summed E-state index contributed by atoms with van der Waals surface area (Å²) in [5.41, 5.74) is 1.46. The summed E-state index contributed by atoms with van der Waals surface area (Å²) < 4.78 is 26.0. The van der Waals surface area contributed by atoms with Crippen LogP contribution in [0.5, 0.6) is 0 Å². The minimum atomic E-state index is -3.77. The highest BCUT2D eigenvalue weighted by Gasteiger charge is 2.32. The molecule has 0 fully saturated rings. The molecule has 0 atom stereocenters. The Hall–Kier alpha value is -1.88. The van der Waals surface area contributed by atoms with Gasteiger partial charge in [0.2, 0.25) is 0 Å². The van der Waals surface area contributed by atoms with Crippen LogP contribution in [0.4, 0.5) is 0 Å². The highest BCUT2D eigenvalue weighted by atomic mass is 32.2. The minimum Gasteiger partial charge on any atom is -0.268 e. The van der Waals surface area contributed by atoms with Crippen LogP contribution < -0.4 is 0 Å². The lowest BCUT2D eigenvalue weighted by Crippen LogP contribution is -2.40. The van der Waals surface area contributed by atoms with Crippen LogP contribution in [0.3, 0.4) is 0 Å². The minimum absolute atomic E-state index is 0.149. The normalized spacial score (nSPS) is 15.9. The Kier molecular flexibility index (Phi) is 4.09. The molecule has 0 N–H and O–H groups in total. The first-order valence-corrected chi connectivity index (χ1v) is 7.84. The highest BCUT2D eigenvalue weighted by Crippen LogP contribution is 2.23. The van der Waals surface area contributed by atoms with Gasteiger partial charge in [0.05, 0.1) is 4.90 Å². The number of allylic oxidation sites excluding steroid dienone is 1. The van der Waals surface area contributed by atoms with E-state index in [0.29, 0.717) is 18.4 Å². The summed E-state index contributed by atoms with van der Waals surface area (Å²) in [7, 11) is -3.77. The fraction of sp³-hybridized carbons (Fsp3) is 0.267. The van der Waals surface area contributed by atoms with Gasteiger partial charge in [0.15, 0.2) is 0 Å². The number of carbonyl (C=O) groups is 1. The second-order valence-corrected chi connectivity index (χ2v) is 6.57. The van der Waals surface area contributed by atoms with E-state index in [1.165, 1.54) is 12.1 Å². The van der Waals surface area contributed by atoms with Gasteiger partial charge >= 0.3 is 0 Å². The van der Waals surface area contributed by atoms with E-state index in [-0.39, 0.29) is 11.4 Å². The number of rotatable bonds is 4. The predicted molar refractivity (Wildman–Crippen MR) is 77.6 cm³/mol. The third kappa shape index (κ3) is 2.67. The van der Waals surface area contributed by atoms with Gasteiger partial charge in [0, 0.05) is 12.1 Å². The number of hydrogen-bond acceptors (Lipinski definition) is 3. The van der Waals surface area contributed by atoms with E-state index in [1.807, 2.05) is 6.92 Å². The van der Waals surface area contributed by atoms with Gasteiger partial charge in [-0.15, -0.1) is 6.58 Å². The molecule has 1 amide bonds. The number of sulfonamides is 1. The lowest BCUT2D eigenvalue weighted by molar-refractivity contribution is -0.123. The zero-order chi connectivity index (χ0) is 14.8. The zero-order valence-electron chi connectivity index (χ0n) is 11.4. The molecule has 106 valence electrons. The SMILES string of the molecule is C=CCC1=CCCN(S(=O)(=O)c2ccc(C)cc2)C1=O. The Morgan fingerprint density at radius 3 is 2.55 bits per heavy atom. The summed E-state index contributed by atoms with van der Waals surface area (Å²) >= 11 is 0. The summed E-state index contributed by atoms with van der Waals surface area (Å²) in [6.45, 7) is 5.66. The molecular formula is C15H17NO3S. The maximum atomic E-state index is 12.5. The van der Waals surface area contributed by atoms with E-state index in [9.17, 15) is 13.2 Å². The Labute approximate surface area is 119 Å². The third-order valence-corrected chi connectivity index (χ3v) is 4.99. The van der Waals surface area contributed by atoms with Crippen molar-refractivity contribution in [2.75, 3.05) is 6.54 Å². The van der Waals surface area contributed by atoms with Crippen LogP contribution in [0, 0.1) is 6.92 Å². The van der Waals surface area contributed by atoms with Crippen molar-refractivity contribution in [2.24, 2.45) is 0 Å². The van der Waals surface area contributed by atoms with Crippen LogP contribution >= 0.6 is 0 Å². The van der Waals surface area contributed by atoms with E-state index in [1.54, 1.807) is 24.3 Å². The van der Waals surface area contributed by atoms with Gasteiger partial charge in [-0.1, -0.05) is 29.8 Å². The van der Waals surface area contributed by atoms with Gasteiger partial charge in [-0.2, -0.15) is 0 Å². The molecule has 5 heteroatoms. The Morgan fingerprint density at radius 2 is 1.95 bits per heavy atom. The van der Waals surface area contributed by atoms with Crippen LogP contribution in [0.15, 0.2) is 53.5 Å². The maximum Gasteiger partial charge on any atom is 0.266 e. The molecular weight excluding hydrogens is 274 g/mol. The zero-order valence-corrected chi connectivity index (χ0v) is 12.2. The Bertz CT molecular complexity index is 657. The first-order valence-electron chi connectivity index (χ1n) is 6.40. The van der Waals surface area contributed by atoms with Crippen LogP contribution in [0.1, 0.15) is 18.4 Å². The molecule has 0 aliphatic carbocycles. The second-order valence-electron chi connectivity index (χ2n) is 4.71.